The molecular weight excluding hydrogens is 309 g/mol. The molecule has 2 aliphatic rings. The van der Waals surface area contributed by atoms with Crippen molar-refractivity contribution in [1.82, 2.24) is 9.55 Å². The van der Waals surface area contributed by atoms with E-state index in [2.05, 4.69) is 11.1 Å². The predicted octanol–water partition coefficient (Wildman–Crippen LogP) is 3.84. The quantitative estimate of drug-likeness (QED) is 0.855. The molecule has 2 aliphatic carbocycles. The van der Waals surface area contributed by atoms with Gasteiger partial charge in [0.25, 0.3) is 6.01 Å². The van der Waals surface area contributed by atoms with Gasteiger partial charge in [0.2, 0.25) is 0 Å². The normalized spacial score (nSPS) is 18.5. The summed E-state index contributed by atoms with van der Waals surface area (Å²) in [4.78, 5) is 4.40. The number of nitrogens with zero attached hydrogens (tertiary/aromatic N) is 3. The first kappa shape index (κ1) is 15.3. The summed E-state index contributed by atoms with van der Waals surface area (Å²) in [6.07, 6.45) is 7.55. The molecule has 126 valence electrons. The van der Waals surface area contributed by atoms with Crippen LogP contribution < -0.4 is 9.47 Å². The number of hydrogen-bond acceptors (Lipinski definition) is 4. The summed E-state index contributed by atoms with van der Waals surface area (Å²) in [5.74, 6) is -0.335. The highest BCUT2D eigenvalue weighted by Crippen LogP contribution is 2.36. The van der Waals surface area contributed by atoms with Gasteiger partial charge in [-0.05, 0) is 38.5 Å². The van der Waals surface area contributed by atoms with E-state index in [0.717, 1.165) is 38.5 Å². The van der Waals surface area contributed by atoms with E-state index in [9.17, 15) is 9.65 Å². The third kappa shape index (κ3) is 2.68. The average molecular weight is 329 g/mol. The van der Waals surface area contributed by atoms with Crippen molar-refractivity contribution in [3.05, 3.63) is 17.4 Å². The number of nitriles is 1. The number of halogens is 1. The number of aromatic nitrogens is 2. The number of hydrogen-bond donors (Lipinski definition) is 0. The Morgan fingerprint density at radius 1 is 1.17 bits per heavy atom. The zero-order chi connectivity index (χ0) is 16.7. The van der Waals surface area contributed by atoms with Crippen LogP contribution in [-0.2, 0) is 7.05 Å². The molecule has 1 aromatic carbocycles. The highest BCUT2D eigenvalue weighted by atomic mass is 19.1. The van der Waals surface area contributed by atoms with Crippen LogP contribution in [0.5, 0.6) is 11.8 Å². The van der Waals surface area contributed by atoms with Crippen LogP contribution in [0, 0.1) is 17.1 Å². The van der Waals surface area contributed by atoms with Gasteiger partial charge in [0.05, 0.1) is 11.7 Å². The topological polar surface area (TPSA) is 60.1 Å². The largest absolute Gasteiger partial charge is 0.487 e. The third-order valence-corrected chi connectivity index (χ3v) is 4.77. The van der Waals surface area contributed by atoms with E-state index in [-0.39, 0.29) is 23.5 Å². The summed E-state index contributed by atoms with van der Waals surface area (Å²) >= 11 is 0. The summed E-state index contributed by atoms with van der Waals surface area (Å²) in [7, 11) is 1.72. The Bertz CT molecular complexity index is 814. The van der Waals surface area contributed by atoms with Gasteiger partial charge in [-0.15, -0.1) is 0 Å². The number of imidazole rings is 1. The molecular formula is C18H20FN3O2. The fraction of sp³-hybridized carbons (Fsp3) is 0.556. The molecule has 0 N–H and O–H groups in total. The first-order valence-electron chi connectivity index (χ1n) is 8.59. The molecule has 0 atom stereocenters. The summed E-state index contributed by atoms with van der Waals surface area (Å²) < 4.78 is 28.1. The Morgan fingerprint density at radius 2 is 1.88 bits per heavy atom. The summed E-state index contributed by atoms with van der Waals surface area (Å²) in [6.45, 7) is 0. The van der Waals surface area contributed by atoms with Gasteiger partial charge in [-0.25, -0.2) is 4.39 Å². The van der Waals surface area contributed by atoms with Gasteiger partial charge in [0, 0.05) is 13.1 Å². The molecule has 2 saturated carbocycles. The molecule has 24 heavy (non-hydrogen) atoms. The minimum Gasteiger partial charge on any atom is -0.487 e. The van der Waals surface area contributed by atoms with E-state index in [4.69, 9.17) is 9.47 Å². The predicted molar refractivity (Wildman–Crippen MR) is 86.5 cm³/mol. The van der Waals surface area contributed by atoms with E-state index >= 15 is 0 Å². The minimum absolute atomic E-state index is 0.0645. The average Bonchev–Trinajstić information content (AvgIpc) is 3.35. The lowest BCUT2D eigenvalue weighted by Crippen LogP contribution is -2.21. The molecule has 0 radical (unpaired) electrons. The van der Waals surface area contributed by atoms with Gasteiger partial charge >= 0.3 is 0 Å². The van der Waals surface area contributed by atoms with Crippen LogP contribution in [0.1, 0.15) is 50.5 Å². The van der Waals surface area contributed by atoms with Gasteiger partial charge < -0.3 is 9.47 Å². The number of rotatable bonds is 4. The molecule has 5 nitrogen and oxygen atoms in total. The number of aryl methyl sites for hydroxylation is 1. The summed E-state index contributed by atoms with van der Waals surface area (Å²) in [6, 6.07) is 3.92. The fourth-order valence-electron chi connectivity index (χ4n) is 3.27. The molecule has 4 rings (SSSR count). The van der Waals surface area contributed by atoms with Gasteiger partial charge in [-0.1, -0.05) is 6.42 Å². The SMILES string of the molecule is Cn1c(OC2CCCCC2)nc2c(C#N)cc(OC3CC3)c(F)c21. The Morgan fingerprint density at radius 3 is 2.54 bits per heavy atom. The lowest BCUT2D eigenvalue weighted by atomic mass is 9.98. The maximum Gasteiger partial charge on any atom is 0.297 e. The fourth-order valence-corrected chi connectivity index (χ4v) is 3.27. The van der Waals surface area contributed by atoms with Crippen LogP contribution >= 0.6 is 0 Å². The molecule has 2 aromatic rings. The summed E-state index contributed by atoms with van der Waals surface area (Å²) in [5.41, 5.74) is 0.929. The second kappa shape index (κ2) is 5.97. The zero-order valence-electron chi connectivity index (χ0n) is 13.7. The van der Waals surface area contributed by atoms with Gasteiger partial charge in [-0.2, -0.15) is 10.2 Å². The molecule has 0 bridgehead atoms. The second-order valence-electron chi connectivity index (χ2n) is 6.69. The van der Waals surface area contributed by atoms with Crippen LogP contribution in [0.25, 0.3) is 11.0 Å². The lowest BCUT2D eigenvalue weighted by molar-refractivity contribution is 0.138. The van der Waals surface area contributed by atoms with Crippen molar-refractivity contribution >= 4 is 11.0 Å². The van der Waals surface area contributed by atoms with Crippen molar-refractivity contribution < 1.29 is 13.9 Å². The Labute approximate surface area is 140 Å². The van der Waals surface area contributed by atoms with Crippen LogP contribution in [0.2, 0.25) is 0 Å². The molecule has 0 saturated heterocycles. The first-order chi connectivity index (χ1) is 11.7. The van der Waals surface area contributed by atoms with Crippen molar-refractivity contribution in [3.8, 4) is 17.8 Å². The molecule has 6 heteroatoms. The molecule has 1 aromatic heterocycles. The third-order valence-electron chi connectivity index (χ3n) is 4.77. The van der Waals surface area contributed by atoms with Gasteiger partial charge in [0.15, 0.2) is 11.6 Å². The monoisotopic (exact) mass is 329 g/mol. The van der Waals surface area contributed by atoms with Crippen molar-refractivity contribution in [2.75, 3.05) is 0 Å². The van der Waals surface area contributed by atoms with Crippen LogP contribution in [-0.4, -0.2) is 21.8 Å². The van der Waals surface area contributed by atoms with Gasteiger partial charge in [-0.3, -0.25) is 4.57 Å². The van der Waals surface area contributed by atoms with E-state index < -0.39 is 5.82 Å². The highest BCUT2D eigenvalue weighted by molar-refractivity contribution is 5.85. The Balaban J connectivity index is 1.75. The zero-order valence-corrected chi connectivity index (χ0v) is 13.7. The second-order valence-corrected chi connectivity index (χ2v) is 6.69. The molecule has 0 amide bonds. The number of fused-ring (bicyclic) bond motifs is 1. The maximum absolute atomic E-state index is 14.9. The van der Waals surface area contributed by atoms with Crippen molar-refractivity contribution in [3.63, 3.8) is 0 Å². The Hall–Kier alpha value is -2.29. The van der Waals surface area contributed by atoms with E-state index in [1.54, 1.807) is 11.6 Å². The van der Waals surface area contributed by atoms with Gasteiger partial charge in [0.1, 0.15) is 23.2 Å². The van der Waals surface area contributed by atoms with E-state index in [1.807, 2.05) is 0 Å². The number of benzene rings is 1. The molecule has 1 heterocycles. The molecule has 0 spiro atoms. The van der Waals surface area contributed by atoms with Crippen molar-refractivity contribution in [2.24, 2.45) is 7.05 Å². The smallest absolute Gasteiger partial charge is 0.297 e. The molecule has 0 unspecified atom stereocenters. The molecule has 2 fully saturated rings. The summed E-state index contributed by atoms with van der Waals surface area (Å²) in [5, 5.41) is 9.40. The van der Waals surface area contributed by atoms with Crippen molar-refractivity contribution in [2.45, 2.75) is 57.2 Å². The lowest BCUT2D eigenvalue weighted by Gasteiger charge is -2.22. The standard InChI is InChI=1S/C18H20FN3O2/c1-22-17-15(19)14(23-13-7-8-13)9-11(10-20)16(17)21-18(22)24-12-5-3-2-4-6-12/h9,12-13H,2-8H2,1H3. The van der Waals surface area contributed by atoms with Crippen LogP contribution in [0.15, 0.2) is 6.07 Å². The van der Waals surface area contributed by atoms with E-state index in [0.29, 0.717) is 17.1 Å². The Kier molecular flexibility index (Phi) is 3.79. The minimum atomic E-state index is -0.468. The van der Waals surface area contributed by atoms with Crippen LogP contribution in [0.4, 0.5) is 4.39 Å². The first-order valence-corrected chi connectivity index (χ1v) is 8.59. The van der Waals surface area contributed by atoms with E-state index in [1.165, 1.54) is 12.5 Å². The number of ether oxygens (including phenoxy) is 2. The van der Waals surface area contributed by atoms with Crippen LogP contribution in [0.3, 0.4) is 0 Å². The highest BCUT2D eigenvalue weighted by Gasteiger charge is 2.28. The molecule has 0 aliphatic heterocycles. The van der Waals surface area contributed by atoms with Crippen molar-refractivity contribution in [1.29, 1.82) is 5.26 Å². The maximum atomic E-state index is 14.9.